The molecule has 0 heterocycles. The van der Waals surface area contributed by atoms with Gasteiger partial charge in [0.2, 0.25) is 0 Å². The summed E-state index contributed by atoms with van der Waals surface area (Å²) in [5.74, 6) is 0.125. The van der Waals surface area contributed by atoms with E-state index >= 15 is 0 Å². The van der Waals surface area contributed by atoms with Gasteiger partial charge in [0.05, 0.1) is 0 Å². The first-order chi connectivity index (χ1) is 9.38. The Balaban J connectivity index is 2.35. The van der Waals surface area contributed by atoms with E-state index in [1.165, 1.54) is 16.7 Å². The van der Waals surface area contributed by atoms with Crippen molar-refractivity contribution >= 4 is 17.4 Å². The Morgan fingerprint density at radius 2 is 1.55 bits per heavy atom. The molecule has 0 N–H and O–H groups in total. The summed E-state index contributed by atoms with van der Waals surface area (Å²) in [5.41, 5.74) is 6.40. The molecule has 2 aromatic rings. The standard InChI is InChI=1S/C18H19ClO/c1-11-7-13(3)16(14(4)8-11)10-18(20)17-9-15(19)6-5-12(17)2/h5-9H,10H2,1-4H3. The Morgan fingerprint density at radius 3 is 2.15 bits per heavy atom. The summed E-state index contributed by atoms with van der Waals surface area (Å²) in [6.45, 7) is 8.14. The molecule has 0 amide bonds. The summed E-state index contributed by atoms with van der Waals surface area (Å²) in [6.07, 6.45) is 0.430. The zero-order valence-electron chi connectivity index (χ0n) is 12.4. The molecule has 0 aliphatic heterocycles. The van der Waals surface area contributed by atoms with Crippen molar-refractivity contribution in [2.75, 3.05) is 0 Å². The molecule has 0 saturated carbocycles. The number of hydrogen-bond donors (Lipinski definition) is 0. The van der Waals surface area contributed by atoms with Crippen LogP contribution in [0.4, 0.5) is 0 Å². The molecule has 0 bridgehead atoms. The number of Topliss-reactive ketones (excluding diaryl/α,β-unsaturated/α-hetero) is 1. The molecule has 0 spiro atoms. The van der Waals surface area contributed by atoms with E-state index in [0.29, 0.717) is 11.4 Å². The second-order valence-electron chi connectivity index (χ2n) is 5.44. The van der Waals surface area contributed by atoms with E-state index < -0.39 is 0 Å². The third kappa shape index (κ3) is 3.10. The molecule has 0 aliphatic rings. The summed E-state index contributed by atoms with van der Waals surface area (Å²) >= 11 is 5.99. The molecule has 0 radical (unpaired) electrons. The third-order valence-corrected chi connectivity index (χ3v) is 3.91. The number of ketones is 1. The molecule has 0 saturated heterocycles. The number of halogens is 1. The van der Waals surface area contributed by atoms with Crippen LogP contribution >= 0.6 is 11.6 Å². The van der Waals surface area contributed by atoms with Crippen molar-refractivity contribution < 1.29 is 4.79 Å². The maximum atomic E-state index is 12.5. The fourth-order valence-electron chi connectivity index (χ4n) is 2.64. The smallest absolute Gasteiger partial charge is 0.167 e. The number of benzene rings is 2. The van der Waals surface area contributed by atoms with E-state index in [9.17, 15) is 4.79 Å². The van der Waals surface area contributed by atoms with Gasteiger partial charge in [-0.25, -0.2) is 0 Å². The van der Waals surface area contributed by atoms with Crippen molar-refractivity contribution in [3.8, 4) is 0 Å². The lowest BCUT2D eigenvalue weighted by molar-refractivity contribution is 0.0992. The van der Waals surface area contributed by atoms with Gasteiger partial charge in [0.25, 0.3) is 0 Å². The summed E-state index contributed by atoms with van der Waals surface area (Å²) in [4.78, 5) is 12.5. The lowest BCUT2D eigenvalue weighted by Gasteiger charge is -2.12. The lowest BCUT2D eigenvalue weighted by atomic mass is 9.92. The normalized spacial score (nSPS) is 10.7. The minimum Gasteiger partial charge on any atom is -0.294 e. The van der Waals surface area contributed by atoms with Crippen LogP contribution in [-0.2, 0) is 6.42 Å². The van der Waals surface area contributed by atoms with Crippen LogP contribution in [-0.4, -0.2) is 5.78 Å². The molecule has 0 aliphatic carbocycles. The van der Waals surface area contributed by atoms with Crippen LogP contribution < -0.4 is 0 Å². The number of carbonyl (C=O) groups is 1. The molecular formula is C18H19ClO. The van der Waals surface area contributed by atoms with Crippen LogP contribution in [0.3, 0.4) is 0 Å². The maximum absolute atomic E-state index is 12.5. The van der Waals surface area contributed by atoms with Crippen molar-refractivity contribution in [2.45, 2.75) is 34.1 Å². The van der Waals surface area contributed by atoms with Crippen LogP contribution in [0.2, 0.25) is 5.02 Å². The molecule has 0 fully saturated rings. The maximum Gasteiger partial charge on any atom is 0.167 e. The predicted molar refractivity (Wildman–Crippen MR) is 84.9 cm³/mol. The summed E-state index contributed by atoms with van der Waals surface area (Å²) < 4.78 is 0. The van der Waals surface area contributed by atoms with Gasteiger partial charge in [0.15, 0.2) is 5.78 Å². The fraction of sp³-hybridized carbons (Fsp3) is 0.278. The molecule has 0 aromatic heterocycles. The van der Waals surface area contributed by atoms with Gasteiger partial charge in [-0.2, -0.15) is 0 Å². The SMILES string of the molecule is Cc1cc(C)c(CC(=O)c2cc(Cl)ccc2C)c(C)c1. The van der Waals surface area contributed by atoms with Gasteiger partial charge >= 0.3 is 0 Å². The zero-order chi connectivity index (χ0) is 14.9. The molecule has 20 heavy (non-hydrogen) atoms. The lowest BCUT2D eigenvalue weighted by Crippen LogP contribution is -2.08. The van der Waals surface area contributed by atoms with E-state index in [-0.39, 0.29) is 5.78 Å². The van der Waals surface area contributed by atoms with Crippen LogP contribution in [0.1, 0.15) is 38.2 Å². The van der Waals surface area contributed by atoms with Crippen molar-refractivity contribution in [1.29, 1.82) is 0 Å². The average Bonchev–Trinajstić information content (AvgIpc) is 2.36. The van der Waals surface area contributed by atoms with Gasteiger partial charge in [-0.15, -0.1) is 0 Å². The highest BCUT2D eigenvalue weighted by Gasteiger charge is 2.13. The second kappa shape index (κ2) is 5.80. The first-order valence-electron chi connectivity index (χ1n) is 6.74. The van der Waals surface area contributed by atoms with E-state index in [1.54, 1.807) is 6.07 Å². The van der Waals surface area contributed by atoms with Gasteiger partial charge in [0.1, 0.15) is 0 Å². The quantitative estimate of drug-likeness (QED) is 0.726. The van der Waals surface area contributed by atoms with Crippen LogP contribution in [0.15, 0.2) is 30.3 Å². The van der Waals surface area contributed by atoms with Crippen molar-refractivity contribution in [3.63, 3.8) is 0 Å². The Hall–Kier alpha value is -1.60. The van der Waals surface area contributed by atoms with Gasteiger partial charge in [-0.1, -0.05) is 35.4 Å². The number of carbonyl (C=O) groups excluding carboxylic acids is 1. The Morgan fingerprint density at radius 1 is 0.950 bits per heavy atom. The van der Waals surface area contributed by atoms with Gasteiger partial charge in [-0.05, 0) is 62.1 Å². The minimum atomic E-state index is 0.125. The summed E-state index contributed by atoms with van der Waals surface area (Å²) in [6, 6.07) is 9.72. The Kier molecular flexibility index (Phi) is 4.29. The van der Waals surface area contributed by atoms with Crippen molar-refractivity contribution in [3.05, 3.63) is 68.7 Å². The topological polar surface area (TPSA) is 17.1 Å². The molecule has 2 aromatic carbocycles. The van der Waals surface area contributed by atoms with Crippen LogP contribution in [0.25, 0.3) is 0 Å². The average molecular weight is 287 g/mol. The van der Waals surface area contributed by atoms with Gasteiger partial charge < -0.3 is 0 Å². The van der Waals surface area contributed by atoms with Crippen molar-refractivity contribution in [2.24, 2.45) is 0 Å². The monoisotopic (exact) mass is 286 g/mol. The third-order valence-electron chi connectivity index (χ3n) is 3.68. The molecule has 1 nitrogen and oxygen atoms in total. The first kappa shape index (κ1) is 14.8. The van der Waals surface area contributed by atoms with Crippen molar-refractivity contribution in [1.82, 2.24) is 0 Å². The second-order valence-corrected chi connectivity index (χ2v) is 5.87. The minimum absolute atomic E-state index is 0.125. The van der Waals surface area contributed by atoms with E-state index in [2.05, 4.69) is 32.9 Å². The molecule has 2 rings (SSSR count). The zero-order valence-corrected chi connectivity index (χ0v) is 13.1. The Bertz CT molecular complexity index is 648. The summed E-state index contributed by atoms with van der Waals surface area (Å²) in [5, 5.41) is 0.608. The van der Waals surface area contributed by atoms with Gasteiger partial charge in [0, 0.05) is 17.0 Å². The molecule has 104 valence electrons. The number of hydrogen-bond acceptors (Lipinski definition) is 1. The first-order valence-corrected chi connectivity index (χ1v) is 7.12. The van der Waals surface area contributed by atoms with Crippen LogP contribution in [0.5, 0.6) is 0 Å². The molecule has 0 atom stereocenters. The Labute approximate surface area is 125 Å². The largest absolute Gasteiger partial charge is 0.294 e. The highest BCUT2D eigenvalue weighted by molar-refractivity contribution is 6.31. The highest BCUT2D eigenvalue weighted by atomic mass is 35.5. The van der Waals surface area contributed by atoms with Gasteiger partial charge in [-0.3, -0.25) is 4.79 Å². The van der Waals surface area contributed by atoms with E-state index in [1.807, 2.05) is 19.1 Å². The molecule has 0 unspecified atom stereocenters. The predicted octanol–water partition coefficient (Wildman–Crippen LogP) is 5.00. The number of rotatable bonds is 3. The van der Waals surface area contributed by atoms with Crippen LogP contribution in [0, 0.1) is 27.7 Å². The summed E-state index contributed by atoms with van der Waals surface area (Å²) in [7, 11) is 0. The molecular weight excluding hydrogens is 268 g/mol. The number of aryl methyl sites for hydroxylation is 4. The van der Waals surface area contributed by atoms with E-state index in [4.69, 9.17) is 11.6 Å². The highest BCUT2D eigenvalue weighted by Crippen LogP contribution is 2.21. The fourth-order valence-corrected chi connectivity index (χ4v) is 2.81. The van der Waals surface area contributed by atoms with E-state index in [0.717, 1.165) is 16.7 Å². The molecule has 2 heteroatoms.